The van der Waals surface area contributed by atoms with E-state index in [0.29, 0.717) is 5.75 Å². The lowest BCUT2D eigenvalue weighted by molar-refractivity contribution is 0.463. The van der Waals surface area contributed by atoms with Gasteiger partial charge in [0, 0.05) is 30.3 Å². The summed E-state index contributed by atoms with van der Waals surface area (Å²) in [5, 5.41) is 10.3. The number of nitrogens with zero attached hydrogens (tertiary/aromatic N) is 1. The summed E-state index contributed by atoms with van der Waals surface area (Å²) in [5.74, 6) is 0.547. The lowest BCUT2D eigenvalue weighted by atomic mass is 9.87. The van der Waals surface area contributed by atoms with Gasteiger partial charge in [-0.3, -0.25) is 0 Å². The van der Waals surface area contributed by atoms with Crippen LogP contribution >= 0.6 is 0 Å². The molecule has 2 aromatic carbocycles. The second-order valence-electron chi connectivity index (χ2n) is 6.10. The standard InChI is InChI=1S/C22H27NO/c1-5-13-23(14-6-2)19-10-8-9-18(16-19)20(7-3)21-15-17(4)11-12-22(21)24/h5-6,8-12,15-16,20,24H,1-2,7,13-14H2,3-4H3. The van der Waals surface area contributed by atoms with E-state index in [9.17, 15) is 5.11 Å². The van der Waals surface area contributed by atoms with Crippen LogP contribution in [0.25, 0.3) is 0 Å². The van der Waals surface area contributed by atoms with Crippen LogP contribution in [0.3, 0.4) is 0 Å². The first-order chi connectivity index (χ1) is 11.6. The minimum absolute atomic E-state index is 0.180. The Balaban J connectivity index is 2.42. The van der Waals surface area contributed by atoms with Gasteiger partial charge in [-0.25, -0.2) is 0 Å². The van der Waals surface area contributed by atoms with Crippen LogP contribution in [-0.2, 0) is 0 Å². The molecule has 0 bridgehead atoms. The predicted octanol–water partition coefficient (Wildman–Crippen LogP) is 5.42. The molecule has 2 nitrogen and oxygen atoms in total. The highest BCUT2D eigenvalue weighted by Crippen LogP contribution is 2.35. The van der Waals surface area contributed by atoms with E-state index in [2.05, 4.69) is 62.2 Å². The maximum atomic E-state index is 10.3. The molecule has 0 amide bonds. The molecule has 1 unspecified atom stereocenters. The molecule has 0 saturated carbocycles. The fourth-order valence-electron chi connectivity index (χ4n) is 3.12. The van der Waals surface area contributed by atoms with E-state index in [-0.39, 0.29) is 5.92 Å². The molecule has 2 aromatic rings. The summed E-state index contributed by atoms with van der Waals surface area (Å²) in [6.07, 6.45) is 4.74. The van der Waals surface area contributed by atoms with Crippen molar-refractivity contribution in [2.75, 3.05) is 18.0 Å². The molecular formula is C22H27NO. The summed E-state index contributed by atoms with van der Waals surface area (Å²) < 4.78 is 0. The van der Waals surface area contributed by atoms with Crippen molar-refractivity contribution < 1.29 is 5.11 Å². The van der Waals surface area contributed by atoms with Crippen LogP contribution in [0, 0.1) is 6.92 Å². The molecule has 0 aromatic heterocycles. The number of phenols is 1. The molecule has 0 spiro atoms. The van der Waals surface area contributed by atoms with Gasteiger partial charge in [0.25, 0.3) is 0 Å². The average Bonchev–Trinajstić information content (AvgIpc) is 2.59. The van der Waals surface area contributed by atoms with Crippen molar-refractivity contribution in [2.24, 2.45) is 0 Å². The number of anilines is 1. The molecule has 126 valence electrons. The predicted molar refractivity (Wildman–Crippen MR) is 104 cm³/mol. The molecule has 0 aliphatic heterocycles. The van der Waals surface area contributed by atoms with E-state index in [0.717, 1.165) is 36.3 Å². The monoisotopic (exact) mass is 321 g/mol. The van der Waals surface area contributed by atoms with Crippen LogP contribution in [0.2, 0.25) is 0 Å². The normalized spacial score (nSPS) is 11.8. The lowest BCUT2D eigenvalue weighted by Gasteiger charge is -2.24. The van der Waals surface area contributed by atoms with Gasteiger partial charge in [0.2, 0.25) is 0 Å². The zero-order valence-electron chi connectivity index (χ0n) is 14.7. The molecule has 2 heteroatoms. The molecule has 0 aliphatic carbocycles. The second-order valence-corrected chi connectivity index (χ2v) is 6.10. The highest BCUT2D eigenvalue weighted by atomic mass is 16.3. The van der Waals surface area contributed by atoms with Crippen molar-refractivity contribution in [1.82, 2.24) is 0 Å². The highest BCUT2D eigenvalue weighted by Gasteiger charge is 2.17. The zero-order valence-corrected chi connectivity index (χ0v) is 14.7. The van der Waals surface area contributed by atoms with E-state index < -0.39 is 0 Å². The Hall–Kier alpha value is -2.48. The molecule has 0 aliphatic rings. The van der Waals surface area contributed by atoms with Gasteiger partial charge in [0.05, 0.1) is 0 Å². The summed E-state index contributed by atoms with van der Waals surface area (Å²) in [5.41, 5.74) is 4.53. The van der Waals surface area contributed by atoms with Crippen molar-refractivity contribution in [3.8, 4) is 5.75 Å². The number of aryl methyl sites for hydroxylation is 1. The number of benzene rings is 2. The quantitative estimate of drug-likeness (QED) is 0.656. The topological polar surface area (TPSA) is 23.5 Å². The van der Waals surface area contributed by atoms with Crippen LogP contribution in [0.1, 0.15) is 36.0 Å². The Kier molecular flexibility index (Phi) is 6.25. The zero-order chi connectivity index (χ0) is 17.5. The van der Waals surface area contributed by atoms with Crippen molar-refractivity contribution in [3.05, 3.63) is 84.5 Å². The number of hydrogen-bond donors (Lipinski definition) is 1. The van der Waals surface area contributed by atoms with Crippen LogP contribution in [0.15, 0.2) is 67.8 Å². The fourth-order valence-corrected chi connectivity index (χ4v) is 3.12. The van der Waals surface area contributed by atoms with Gasteiger partial charge in [-0.15, -0.1) is 13.2 Å². The van der Waals surface area contributed by atoms with E-state index in [4.69, 9.17) is 0 Å². The first kappa shape index (κ1) is 17.9. The van der Waals surface area contributed by atoms with E-state index >= 15 is 0 Å². The third kappa shape index (κ3) is 4.08. The van der Waals surface area contributed by atoms with Crippen LogP contribution in [-0.4, -0.2) is 18.2 Å². The number of hydrogen-bond acceptors (Lipinski definition) is 2. The Morgan fingerprint density at radius 3 is 2.42 bits per heavy atom. The largest absolute Gasteiger partial charge is 0.508 e. The van der Waals surface area contributed by atoms with Crippen LogP contribution in [0.4, 0.5) is 5.69 Å². The number of rotatable bonds is 8. The van der Waals surface area contributed by atoms with Gasteiger partial charge in [-0.05, 0) is 37.1 Å². The Morgan fingerprint density at radius 2 is 1.79 bits per heavy atom. The van der Waals surface area contributed by atoms with Crippen LogP contribution < -0.4 is 4.90 Å². The highest BCUT2D eigenvalue weighted by molar-refractivity contribution is 5.53. The van der Waals surface area contributed by atoms with E-state index in [1.165, 1.54) is 5.56 Å². The lowest BCUT2D eigenvalue weighted by Crippen LogP contribution is -2.23. The molecule has 0 heterocycles. The minimum atomic E-state index is 0.180. The third-order valence-corrected chi connectivity index (χ3v) is 4.30. The maximum Gasteiger partial charge on any atom is 0.119 e. The first-order valence-corrected chi connectivity index (χ1v) is 8.46. The molecule has 24 heavy (non-hydrogen) atoms. The summed E-state index contributed by atoms with van der Waals surface area (Å²) in [7, 11) is 0. The Bertz CT molecular complexity index is 695. The van der Waals surface area contributed by atoms with Crippen LogP contribution in [0.5, 0.6) is 5.75 Å². The summed E-state index contributed by atoms with van der Waals surface area (Å²) in [6.45, 7) is 13.5. The maximum absolute atomic E-state index is 10.3. The van der Waals surface area contributed by atoms with Gasteiger partial charge < -0.3 is 10.0 Å². The van der Waals surface area contributed by atoms with Crippen molar-refractivity contribution in [2.45, 2.75) is 26.2 Å². The molecule has 0 fully saturated rings. The fraction of sp³-hybridized carbons (Fsp3) is 0.273. The number of phenolic OH excluding ortho intramolecular Hbond substituents is 1. The van der Waals surface area contributed by atoms with Crippen molar-refractivity contribution in [1.29, 1.82) is 0 Å². The average molecular weight is 321 g/mol. The van der Waals surface area contributed by atoms with Gasteiger partial charge >= 0.3 is 0 Å². The van der Waals surface area contributed by atoms with Crippen molar-refractivity contribution >= 4 is 5.69 Å². The summed E-state index contributed by atoms with van der Waals surface area (Å²) in [6, 6.07) is 14.4. The molecule has 1 atom stereocenters. The molecule has 0 radical (unpaired) electrons. The molecule has 0 saturated heterocycles. The molecular weight excluding hydrogens is 294 g/mol. The SMILES string of the molecule is C=CCN(CC=C)c1cccc(C(CC)c2cc(C)ccc2O)c1. The molecule has 2 rings (SSSR count). The summed E-state index contributed by atoms with van der Waals surface area (Å²) >= 11 is 0. The Morgan fingerprint density at radius 1 is 1.08 bits per heavy atom. The first-order valence-electron chi connectivity index (χ1n) is 8.46. The van der Waals surface area contributed by atoms with Gasteiger partial charge in [0.1, 0.15) is 5.75 Å². The van der Waals surface area contributed by atoms with Gasteiger partial charge in [-0.2, -0.15) is 0 Å². The third-order valence-electron chi connectivity index (χ3n) is 4.30. The second kappa shape index (κ2) is 8.39. The van der Waals surface area contributed by atoms with Gasteiger partial charge in [0.15, 0.2) is 0 Å². The number of aromatic hydroxyl groups is 1. The minimum Gasteiger partial charge on any atom is -0.508 e. The smallest absolute Gasteiger partial charge is 0.119 e. The van der Waals surface area contributed by atoms with E-state index in [1.54, 1.807) is 6.07 Å². The summed E-state index contributed by atoms with van der Waals surface area (Å²) in [4.78, 5) is 2.23. The van der Waals surface area contributed by atoms with Crippen molar-refractivity contribution in [3.63, 3.8) is 0 Å². The van der Waals surface area contributed by atoms with E-state index in [1.807, 2.05) is 18.2 Å². The molecule has 1 N–H and O–H groups in total. The van der Waals surface area contributed by atoms with Gasteiger partial charge in [-0.1, -0.05) is 48.9 Å². The Labute approximate surface area is 145 Å².